The van der Waals surface area contributed by atoms with Crippen LogP contribution in [-0.4, -0.2) is 9.13 Å². The van der Waals surface area contributed by atoms with Crippen molar-refractivity contribution in [1.29, 1.82) is 0 Å². The first-order valence-electron chi connectivity index (χ1n) is 21.6. The number of benzene rings is 5. The fourth-order valence-electron chi connectivity index (χ4n) is 10.5. The standard InChI is InChI=1S/C54H48N4.C2H6/c1-7-19-33(20-8-2)57-47(12-6)35(11-5)41-29-45-43(31-49(41)57)51-37-24-13-14-25-38(37)52-44-32-50-42(36-23-17-18-28-48(36)58(50)34(21-9-3)22-10-4)30-46(44)56-54(52)40-27-16-15-26-39(40)53(51)55-45;1-2/h7-9,11-32,51-56H,1,5-6,10H2,2-4H3;1-2H3/b20-8-,21-9-,33-19+,34-22+;. The van der Waals surface area contributed by atoms with Gasteiger partial charge in [-0.1, -0.05) is 138 Å². The number of nitrogens with zero attached hydrogens (tertiary/aromatic N) is 2. The molecule has 1 aliphatic carbocycles. The minimum Gasteiger partial charge on any atom is -0.377 e. The van der Waals surface area contributed by atoms with Crippen molar-refractivity contribution in [3.05, 3.63) is 204 Å². The number of aromatic nitrogens is 2. The van der Waals surface area contributed by atoms with Crippen LogP contribution in [0.2, 0.25) is 0 Å². The maximum absolute atomic E-state index is 4.27. The Labute approximate surface area is 355 Å². The summed E-state index contributed by atoms with van der Waals surface area (Å²) in [6.07, 6.45) is 19.7. The van der Waals surface area contributed by atoms with Gasteiger partial charge in [0.05, 0.1) is 34.3 Å². The zero-order chi connectivity index (χ0) is 41.7. The van der Waals surface area contributed by atoms with E-state index in [0.29, 0.717) is 0 Å². The summed E-state index contributed by atoms with van der Waals surface area (Å²) in [7, 11) is 0. The van der Waals surface area contributed by atoms with Gasteiger partial charge in [-0.3, -0.25) is 0 Å². The van der Waals surface area contributed by atoms with Gasteiger partial charge in [0.25, 0.3) is 0 Å². The van der Waals surface area contributed by atoms with Gasteiger partial charge < -0.3 is 19.8 Å². The Bertz CT molecular complexity index is 2990. The molecule has 0 fully saturated rings. The van der Waals surface area contributed by atoms with Gasteiger partial charge in [-0.25, -0.2) is 0 Å². The Hall–Kier alpha value is -6.78. The number of hydrogen-bond donors (Lipinski definition) is 2. The van der Waals surface area contributed by atoms with Gasteiger partial charge >= 0.3 is 0 Å². The van der Waals surface area contributed by atoms with Crippen LogP contribution in [0, 0.1) is 0 Å². The van der Waals surface area contributed by atoms with Crippen molar-refractivity contribution in [1.82, 2.24) is 9.13 Å². The van der Waals surface area contributed by atoms with Crippen LogP contribution in [0.4, 0.5) is 11.4 Å². The summed E-state index contributed by atoms with van der Waals surface area (Å²) in [5.41, 5.74) is 18.3. The molecule has 2 aliphatic heterocycles. The quantitative estimate of drug-likeness (QED) is 0.151. The van der Waals surface area contributed by atoms with Gasteiger partial charge in [0.2, 0.25) is 0 Å². The van der Waals surface area contributed by atoms with Crippen LogP contribution in [0.25, 0.3) is 56.3 Å². The van der Waals surface area contributed by atoms with Gasteiger partial charge in [0, 0.05) is 56.3 Å². The molecule has 3 aliphatic rings. The maximum atomic E-state index is 4.27. The fourth-order valence-corrected chi connectivity index (χ4v) is 10.5. The second-order valence-electron chi connectivity index (χ2n) is 15.6. The van der Waals surface area contributed by atoms with Crippen molar-refractivity contribution in [3.8, 4) is 0 Å². The molecule has 298 valence electrons. The summed E-state index contributed by atoms with van der Waals surface area (Å²) < 4.78 is 4.78. The Morgan fingerprint density at radius 2 is 1.12 bits per heavy atom. The van der Waals surface area contributed by atoms with Crippen LogP contribution in [-0.2, 0) is 0 Å². The first kappa shape index (κ1) is 38.7. The lowest BCUT2D eigenvalue weighted by Crippen LogP contribution is -2.24. The first-order chi connectivity index (χ1) is 29.5. The van der Waals surface area contributed by atoms with E-state index in [2.05, 4.69) is 194 Å². The van der Waals surface area contributed by atoms with E-state index in [9.17, 15) is 0 Å². The van der Waals surface area contributed by atoms with Crippen molar-refractivity contribution in [2.24, 2.45) is 0 Å². The van der Waals surface area contributed by atoms with E-state index in [1.54, 1.807) is 0 Å². The minimum atomic E-state index is 0.0403. The highest BCUT2D eigenvalue weighted by Crippen LogP contribution is 2.59. The normalized spacial score (nSPS) is 19.0. The molecule has 10 rings (SSSR count). The lowest BCUT2D eigenvalue weighted by Gasteiger charge is -2.34. The van der Waals surface area contributed by atoms with Gasteiger partial charge in [-0.2, -0.15) is 0 Å². The maximum Gasteiger partial charge on any atom is 0.0627 e. The summed E-state index contributed by atoms with van der Waals surface area (Å²) >= 11 is 0. The number of nitrogens with one attached hydrogen (secondary N) is 2. The largest absolute Gasteiger partial charge is 0.377 e. The van der Waals surface area contributed by atoms with Gasteiger partial charge in [0.15, 0.2) is 0 Å². The third kappa shape index (κ3) is 5.72. The number of anilines is 2. The van der Waals surface area contributed by atoms with Crippen LogP contribution in [0.15, 0.2) is 159 Å². The molecule has 4 heteroatoms. The molecule has 4 unspecified atom stereocenters. The average molecular weight is 783 g/mol. The van der Waals surface area contributed by atoms with Crippen LogP contribution in [0.5, 0.6) is 0 Å². The fraction of sp³-hybridized carbons (Fsp3) is 0.179. The number of para-hydroxylation sites is 1. The molecule has 60 heavy (non-hydrogen) atoms. The van der Waals surface area contributed by atoms with E-state index < -0.39 is 0 Å². The molecule has 0 bridgehead atoms. The minimum absolute atomic E-state index is 0.0403. The van der Waals surface area contributed by atoms with Crippen molar-refractivity contribution >= 4 is 67.6 Å². The molecule has 2 N–H and O–H groups in total. The van der Waals surface area contributed by atoms with Crippen molar-refractivity contribution in [2.75, 3.05) is 10.6 Å². The average Bonchev–Trinajstić information content (AvgIpc) is 4.01. The molecular weight excluding hydrogens is 729 g/mol. The zero-order valence-electron chi connectivity index (χ0n) is 35.5. The number of hydrogen-bond acceptors (Lipinski definition) is 2. The molecule has 0 spiro atoms. The zero-order valence-corrected chi connectivity index (χ0v) is 35.5. The third-order valence-corrected chi connectivity index (χ3v) is 12.6. The van der Waals surface area contributed by atoms with Crippen LogP contribution >= 0.6 is 0 Å². The molecule has 0 radical (unpaired) electrons. The highest BCUT2D eigenvalue weighted by atomic mass is 15.0. The van der Waals surface area contributed by atoms with E-state index in [1.807, 2.05) is 32.1 Å². The van der Waals surface area contributed by atoms with E-state index >= 15 is 0 Å². The second kappa shape index (κ2) is 15.8. The van der Waals surface area contributed by atoms with Gasteiger partial charge in [-0.05, 0) is 108 Å². The molecule has 0 saturated heterocycles. The Morgan fingerprint density at radius 1 is 0.583 bits per heavy atom. The van der Waals surface area contributed by atoms with Crippen molar-refractivity contribution < 1.29 is 0 Å². The van der Waals surface area contributed by atoms with Crippen molar-refractivity contribution in [3.63, 3.8) is 0 Å². The molecule has 0 amide bonds. The predicted octanol–water partition coefficient (Wildman–Crippen LogP) is 15.4. The molecule has 7 aromatic rings. The van der Waals surface area contributed by atoms with Gasteiger partial charge in [-0.15, -0.1) is 0 Å². The Balaban J connectivity index is 0.00000228. The van der Waals surface area contributed by atoms with Crippen LogP contribution < -0.4 is 10.6 Å². The first-order valence-corrected chi connectivity index (χ1v) is 21.6. The van der Waals surface area contributed by atoms with E-state index in [1.165, 1.54) is 66.6 Å². The number of fused-ring (bicyclic) bond motifs is 16. The van der Waals surface area contributed by atoms with Crippen molar-refractivity contribution in [2.45, 2.75) is 65.0 Å². The Morgan fingerprint density at radius 3 is 1.67 bits per heavy atom. The summed E-state index contributed by atoms with van der Waals surface area (Å²) in [6.45, 7) is 23.0. The summed E-state index contributed by atoms with van der Waals surface area (Å²) in [4.78, 5) is 0. The highest BCUT2D eigenvalue weighted by molar-refractivity contribution is 6.12. The third-order valence-electron chi connectivity index (χ3n) is 12.6. The molecule has 4 nitrogen and oxygen atoms in total. The number of allylic oxidation sites excluding steroid dienone is 9. The molecule has 2 aromatic heterocycles. The van der Waals surface area contributed by atoms with E-state index in [4.69, 9.17) is 0 Å². The van der Waals surface area contributed by atoms with Crippen LogP contribution in [0.1, 0.15) is 110 Å². The highest BCUT2D eigenvalue weighted by Gasteiger charge is 2.45. The lowest BCUT2D eigenvalue weighted by atomic mass is 9.71. The van der Waals surface area contributed by atoms with Gasteiger partial charge in [0.1, 0.15) is 0 Å². The number of rotatable bonds is 8. The summed E-state index contributed by atoms with van der Waals surface area (Å²) in [5.74, 6) is 0.166. The molecular formula is C56H54N4. The topological polar surface area (TPSA) is 33.9 Å². The molecule has 5 aromatic carbocycles. The van der Waals surface area contributed by atoms with Crippen LogP contribution in [0.3, 0.4) is 0 Å². The molecule has 4 heterocycles. The van der Waals surface area contributed by atoms with E-state index in [0.717, 1.165) is 40.0 Å². The lowest BCUT2D eigenvalue weighted by molar-refractivity contribution is 0.622. The van der Waals surface area contributed by atoms with E-state index in [-0.39, 0.29) is 23.9 Å². The SMILES string of the molecule is C=C/C=C(\C=C/C)n1c(C=C)c(C=C)c2cc3c(cc21)C1c2ccccc2C2c4cc5c(cc4NC2c2ccccc2C1N3)c1ccccc1n5C(/C=C\C)=C/CC.CC. The molecule has 0 saturated carbocycles. The Kier molecular flexibility index (Phi) is 10.2. The molecule has 4 atom stereocenters. The summed E-state index contributed by atoms with van der Waals surface area (Å²) in [6, 6.07) is 37.0. The monoisotopic (exact) mass is 782 g/mol. The summed E-state index contributed by atoms with van der Waals surface area (Å²) in [5, 5.41) is 11.9. The smallest absolute Gasteiger partial charge is 0.0627 e. The second-order valence-corrected chi connectivity index (χ2v) is 15.6. The predicted molar refractivity (Wildman–Crippen MR) is 261 cm³/mol.